The average Bonchev–Trinajstić information content (AvgIpc) is 2.04. The molecule has 0 amide bonds. The van der Waals surface area contributed by atoms with E-state index >= 15 is 0 Å². The summed E-state index contributed by atoms with van der Waals surface area (Å²) in [5.41, 5.74) is 0. The lowest BCUT2D eigenvalue weighted by Crippen LogP contribution is -2.32. The van der Waals surface area contributed by atoms with E-state index in [0.717, 1.165) is 0 Å². The third-order valence-corrected chi connectivity index (χ3v) is 1.19. The summed E-state index contributed by atoms with van der Waals surface area (Å²) < 4.78 is 13.4. The Kier molecular flexibility index (Phi) is 2.87. The van der Waals surface area contributed by atoms with Crippen molar-refractivity contribution in [3.63, 3.8) is 0 Å². The van der Waals surface area contributed by atoms with Crippen LogP contribution < -0.4 is 0 Å². The lowest BCUT2D eigenvalue weighted by Gasteiger charge is -2.21. The van der Waals surface area contributed by atoms with Crippen LogP contribution in [-0.2, 0) is 19.0 Å². The van der Waals surface area contributed by atoms with Gasteiger partial charge in [-0.05, 0) is 0 Å². The van der Waals surface area contributed by atoms with E-state index in [1.165, 1.54) is 0 Å². The van der Waals surface area contributed by atoms with Crippen LogP contribution in [-0.4, -0.2) is 36.7 Å². The highest BCUT2D eigenvalue weighted by Gasteiger charge is 2.24. The minimum absolute atomic E-state index is 0.155. The zero-order chi connectivity index (χ0) is 8.97. The summed E-state index contributed by atoms with van der Waals surface area (Å²) in [5, 5.41) is 8.29. The minimum Gasteiger partial charge on any atom is -0.434 e. The highest BCUT2D eigenvalue weighted by atomic mass is 16.8. The minimum atomic E-state index is -0.925. The first kappa shape index (κ1) is 8.79. The quantitative estimate of drug-likeness (QED) is 0.566. The molecule has 1 rings (SSSR count). The van der Waals surface area contributed by atoms with Gasteiger partial charge in [-0.3, -0.25) is 0 Å². The molecular formula is C6H8O6. The molecule has 1 N–H and O–H groups in total. The summed E-state index contributed by atoms with van der Waals surface area (Å²) in [7, 11) is 0. The number of hydrogen-bond acceptors (Lipinski definition) is 6. The van der Waals surface area contributed by atoms with E-state index < -0.39 is 25.0 Å². The Hall–Kier alpha value is -1.30. The first-order chi connectivity index (χ1) is 5.72. The number of esters is 1. The van der Waals surface area contributed by atoms with E-state index in [1.54, 1.807) is 0 Å². The molecule has 6 heteroatoms. The van der Waals surface area contributed by atoms with Crippen LogP contribution in [0.2, 0.25) is 0 Å². The molecule has 0 aromatic rings. The summed E-state index contributed by atoms with van der Waals surface area (Å²) >= 11 is 0. The Balaban J connectivity index is 2.32. The fraction of sp³-hybridized carbons (Fsp3) is 0.667. The molecule has 0 aromatic carbocycles. The van der Waals surface area contributed by atoms with Gasteiger partial charge in [-0.2, -0.15) is 0 Å². The van der Waals surface area contributed by atoms with Gasteiger partial charge in [0.25, 0.3) is 6.29 Å². The molecule has 0 saturated carbocycles. The molecule has 0 radical (unpaired) electrons. The molecule has 68 valence electrons. The number of hydrogen-bond donors (Lipinski definition) is 1. The molecule has 1 heterocycles. The number of cyclic esters (lactones) is 2. The van der Waals surface area contributed by atoms with Crippen molar-refractivity contribution in [2.24, 2.45) is 0 Å². The molecule has 1 saturated heterocycles. The SMILES string of the molecule is O=C(CO)OC1CCOC(=O)O1. The Morgan fingerprint density at radius 1 is 1.75 bits per heavy atom. The third-order valence-electron chi connectivity index (χ3n) is 1.19. The van der Waals surface area contributed by atoms with Gasteiger partial charge in [0, 0.05) is 0 Å². The Bertz CT molecular complexity index is 188. The number of carbonyl (C=O) groups excluding carboxylic acids is 2. The largest absolute Gasteiger partial charge is 0.511 e. The number of aliphatic hydroxyl groups is 1. The Morgan fingerprint density at radius 3 is 3.08 bits per heavy atom. The topological polar surface area (TPSA) is 82.1 Å². The molecule has 1 unspecified atom stereocenters. The molecule has 0 bridgehead atoms. The normalized spacial score (nSPS) is 22.4. The molecule has 1 aliphatic heterocycles. The second kappa shape index (κ2) is 3.91. The van der Waals surface area contributed by atoms with Crippen molar-refractivity contribution in [2.75, 3.05) is 13.2 Å². The monoisotopic (exact) mass is 176 g/mol. The van der Waals surface area contributed by atoms with Gasteiger partial charge in [0.1, 0.15) is 13.2 Å². The van der Waals surface area contributed by atoms with E-state index in [2.05, 4.69) is 14.2 Å². The molecule has 1 aliphatic rings. The Morgan fingerprint density at radius 2 is 2.50 bits per heavy atom. The van der Waals surface area contributed by atoms with E-state index in [-0.39, 0.29) is 13.0 Å². The van der Waals surface area contributed by atoms with Crippen LogP contribution in [0, 0.1) is 0 Å². The maximum atomic E-state index is 10.5. The second-order valence-electron chi connectivity index (χ2n) is 2.08. The van der Waals surface area contributed by atoms with Crippen LogP contribution in [0.15, 0.2) is 0 Å². The van der Waals surface area contributed by atoms with Gasteiger partial charge in [0.15, 0.2) is 0 Å². The van der Waals surface area contributed by atoms with Crippen molar-refractivity contribution in [3.8, 4) is 0 Å². The summed E-state index contributed by atoms with van der Waals surface area (Å²) in [6, 6.07) is 0. The van der Waals surface area contributed by atoms with Gasteiger partial charge in [0.05, 0.1) is 6.42 Å². The Labute approximate surface area is 68.0 Å². The van der Waals surface area contributed by atoms with Gasteiger partial charge < -0.3 is 19.3 Å². The molecule has 0 spiro atoms. The van der Waals surface area contributed by atoms with Crippen molar-refractivity contribution in [1.29, 1.82) is 0 Å². The standard InChI is InChI=1S/C6H8O6/c7-3-4(8)11-5-1-2-10-6(9)12-5/h5,7H,1-3H2. The molecule has 1 atom stereocenters. The number of ether oxygens (including phenoxy) is 3. The van der Waals surface area contributed by atoms with Crippen molar-refractivity contribution in [3.05, 3.63) is 0 Å². The van der Waals surface area contributed by atoms with Crippen molar-refractivity contribution >= 4 is 12.1 Å². The lowest BCUT2D eigenvalue weighted by atomic mass is 10.4. The lowest BCUT2D eigenvalue weighted by molar-refractivity contribution is -0.184. The molecule has 0 aliphatic carbocycles. The second-order valence-corrected chi connectivity index (χ2v) is 2.08. The van der Waals surface area contributed by atoms with Crippen LogP contribution >= 0.6 is 0 Å². The van der Waals surface area contributed by atoms with Crippen LogP contribution in [0.5, 0.6) is 0 Å². The van der Waals surface area contributed by atoms with E-state index in [1.807, 2.05) is 0 Å². The predicted octanol–water partition coefficient (Wildman–Crippen LogP) is -0.595. The average molecular weight is 176 g/mol. The van der Waals surface area contributed by atoms with Crippen LogP contribution in [0.25, 0.3) is 0 Å². The molecule has 6 nitrogen and oxygen atoms in total. The molecule has 12 heavy (non-hydrogen) atoms. The van der Waals surface area contributed by atoms with Gasteiger partial charge in [-0.1, -0.05) is 0 Å². The molecule has 0 aromatic heterocycles. The van der Waals surface area contributed by atoms with E-state index in [9.17, 15) is 9.59 Å². The van der Waals surface area contributed by atoms with Crippen LogP contribution in [0.1, 0.15) is 6.42 Å². The fourth-order valence-electron chi connectivity index (χ4n) is 0.706. The maximum Gasteiger partial charge on any atom is 0.511 e. The molecule has 1 fully saturated rings. The van der Waals surface area contributed by atoms with Gasteiger partial charge >= 0.3 is 12.1 Å². The summed E-state index contributed by atoms with van der Waals surface area (Å²) in [4.78, 5) is 20.9. The summed E-state index contributed by atoms with van der Waals surface area (Å²) in [6.45, 7) is -0.572. The molecular weight excluding hydrogens is 168 g/mol. The first-order valence-electron chi connectivity index (χ1n) is 3.36. The van der Waals surface area contributed by atoms with Crippen molar-refractivity contribution < 1.29 is 28.9 Å². The van der Waals surface area contributed by atoms with E-state index in [0.29, 0.717) is 0 Å². The summed E-state index contributed by atoms with van der Waals surface area (Å²) in [6.07, 6.45) is -1.50. The van der Waals surface area contributed by atoms with E-state index in [4.69, 9.17) is 5.11 Å². The number of rotatable bonds is 2. The highest BCUT2D eigenvalue weighted by molar-refractivity contribution is 5.70. The van der Waals surface area contributed by atoms with Gasteiger partial charge in [-0.15, -0.1) is 0 Å². The smallest absolute Gasteiger partial charge is 0.434 e. The predicted molar refractivity (Wildman–Crippen MR) is 34.0 cm³/mol. The zero-order valence-corrected chi connectivity index (χ0v) is 6.19. The zero-order valence-electron chi connectivity index (χ0n) is 6.19. The van der Waals surface area contributed by atoms with Crippen LogP contribution in [0.4, 0.5) is 4.79 Å². The summed E-state index contributed by atoms with van der Waals surface area (Å²) in [5.74, 6) is -0.824. The van der Waals surface area contributed by atoms with Crippen molar-refractivity contribution in [2.45, 2.75) is 12.7 Å². The van der Waals surface area contributed by atoms with Gasteiger partial charge in [0.2, 0.25) is 0 Å². The fourth-order valence-corrected chi connectivity index (χ4v) is 0.706. The van der Waals surface area contributed by atoms with Crippen molar-refractivity contribution in [1.82, 2.24) is 0 Å². The highest BCUT2D eigenvalue weighted by Crippen LogP contribution is 2.09. The third kappa shape index (κ3) is 2.39. The van der Waals surface area contributed by atoms with Crippen LogP contribution in [0.3, 0.4) is 0 Å². The van der Waals surface area contributed by atoms with Gasteiger partial charge in [-0.25, -0.2) is 9.59 Å². The number of carbonyl (C=O) groups is 2. The first-order valence-corrected chi connectivity index (χ1v) is 3.36. The number of aliphatic hydroxyl groups excluding tert-OH is 1. The maximum absolute atomic E-state index is 10.5.